The predicted molar refractivity (Wildman–Crippen MR) is 134 cm³/mol. The molecule has 4 nitrogen and oxygen atoms in total. The molecule has 34 heavy (non-hydrogen) atoms. The summed E-state index contributed by atoms with van der Waals surface area (Å²) in [6.07, 6.45) is 1.64. The fraction of sp³-hybridized carbons (Fsp3) is 0. The maximum atomic E-state index is 13.1. The number of Topliss-reactive ketones (excluding diaryl/α,β-unsaturated/α-hetero) is 1. The second-order valence-electron chi connectivity index (χ2n) is 7.92. The molecular formula is C29H14N2O2S. The van der Waals surface area contributed by atoms with Gasteiger partial charge in [-0.05, 0) is 28.0 Å². The van der Waals surface area contributed by atoms with E-state index in [1.165, 1.54) is 10.8 Å². The van der Waals surface area contributed by atoms with Crippen molar-refractivity contribution in [1.29, 1.82) is 10.5 Å². The van der Waals surface area contributed by atoms with Gasteiger partial charge < -0.3 is 4.42 Å². The van der Waals surface area contributed by atoms with Crippen molar-refractivity contribution in [3.8, 4) is 22.6 Å². The van der Waals surface area contributed by atoms with E-state index in [1.807, 2.05) is 42.5 Å². The van der Waals surface area contributed by atoms with Gasteiger partial charge in [-0.25, -0.2) is 0 Å². The highest BCUT2D eigenvalue weighted by Gasteiger charge is 2.32. The Morgan fingerprint density at radius 3 is 2.35 bits per heavy atom. The number of carbonyl (C=O) groups is 1. The number of nitrogens with zero attached hydrogens (tertiary/aromatic N) is 2. The van der Waals surface area contributed by atoms with E-state index < -0.39 is 0 Å². The molecule has 0 amide bonds. The van der Waals surface area contributed by atoms with Gasteiger partial charge in [0, 0.05) is 33.7 Å². The number of nitriles is 2. The highest BCUT2D eigenvalue weighted by molar-refractivity contribution is 7.22. The van der Waals surface area contributed by atoms with Crippen molar-refractivity contribution < 1.29 is 9.21 Å². The van der Waals surface area contributed by atoms with Gasteiger partial charge in [-0.3, -0.25) is 4.79 Å². The summed E-state index contributed by atoms with van der Waals surface area (Å²) < 4.78 is 7.04. The van der Waals surface area contributed by atoms with Crippen molar-refractivity contribution in [2.45, 2.75) is 0 Å². The molecule has 0 atom stereocenters. The number of ketones is 1. The first-order valence-corrected chi connectivity index (χ1v) is 11.4. The summed E-state index contributed by atoms with van der Waals surface area (Å²) in [5.41, 5.74) is 3.54. The number of carbonyl (C=O) groups excluding carboxylic acids is 1. The van der Waals surface area contributed by atoms with Crippen LogP contribution in [-0.4, -0.2) is 5.78 Å². The monoisotopic (exact) mass is 454 g/mol. The van der Waals surface area contributed by atoms with Crippen molar-refractivity contribution in [3.63, 3.8) is 0 Å². The summed E-state index contributed by atoms with van der Waals surface area (Å²) in [5, 5.41) is 21.3. The lowest BCUT2D eigenvalue weighted by molar-refractivity contribution is 0.104. The van der Waals surface area contributed by atoms with E-state index >= 15 is 0 Å². The first-order valence-electron chi connectivity index (χ1n) is 10.6. The summed E-state index contributed by atoms with van der Waals surface area (Å²) in [6, 6.07) is 29.3. The maximum Gasteiger partial charge on any atom is 0.194 e. The highest BCUT2D eigenvalue weighted by atomic mass is 32.1. The third-order valence-corrected chi connectivity index (χ3v) is 7.09. The third kappa shape index (κ3) is 3.00. The molecule has 2 aromatic heterocycles. The van der Waals surface area contributed by atoms with Crippen LogP contribution in [-0.2, 0) is 0 Å². The number of rotatable bonds is 2. The number of benzene rings is 3. The smallest absolute Gasteiger partial charge is 0.194 e. The van der Waals surface area contributed by atoms with Crippen molar-refractivity contribution in [3.05, 3.63) is 107 Å². The average molecular weight is 455 g/mol. The molecule has 0 saturated heterocycles. The van der Waals surface area contributed by atoms with Crippen molar-refractivity contribution in [2.75, 3.05) is 0 Å². The highest BCUT2D eigenvalue weighted by Crippen LogP contribution is 2.42. The molecular weight excluding hydrogens is 440 g/mol. The van der Waals surface area contributed by atoms with Gasteiger partial charge in [0.05, 0.1) is 4.70 Å². The quantitative estimate of drug-likeness (QED) is 0.206. The van der Waals surface area contributed by atoms with Crippen molar-refractivity contribution in [1.82, 2.24) is 0 Å². The lowest BCUT2D eigenvalue weighted by Crippen LogP contribution is -1.95. The molecule has 0 bridgehead atoms. The summed E-state index contributed by atoms with van der Waals surface area (Å²) in [4.78, 5) is 14.2. The van der Waals surface area contributed by atoms with E-state index in [1.54, 1.807) is 41.7 Å². The van der Waals surface area contributed by atoms with Crippen molar-refractivity contribution in [2.24, 2.45) is 0 Å². The van der Waals surface area contributed by atoms with Crippen LogP contribution < -0.4 is 0 Å². The number of hydrogen-bond donors (Lipinski definition) is 0. The normalized spacial score (nSPS) is 13.9. The molecule has 0 aliphatic heterocycles. The minimum atomic E-state index is -0.218. The molecule has 5 aromatic rings. The van der Waals surface area contributed by atoms with Crippen LogP contribution in [0.4, 0.5) is 0 Å². The van der Waals surface area contributed by atoms with Crippen LogP contribution >= 0.6 is 11.3 Å². The fourth-order valence-corrected chi connectivity index (χ4v) is 5.55. The first-order chi connectivity index (χ1) is 16.7. The third-order valence-electron chi connectivity index (χ3n) is 6.00. The summed E-state index contributed by atoms with van der Waals surface area (Å²) >= 11 is 1.62. The summed E-state index contributed by atoms with van der Waals surface area (Å²) in [6.45, 7) is 0. The van der Waals surface area contributed by atoms with E-state index in [2.05, 4.69) is 24.3 Å². The van der Waals surface area contributed by atoms with Crippen LogP contribution in [0.2, 0.25) is 0 Å². The van der Waals surface area contributed by atoms with Crippen molar-refractivity contribution >= 4 is 49.8 Å². The van der Waals surface area contributed by atoms with Gasteiger partial charge in [-0.15, -0.1) is 11.3 Å². The summed E-state index contributed by atoms with van der Waals surface area (Å²) in [7, 11) is 0. The number of hydrogen-bond acceptors (Lipinski definition) is 5. The summed E-state index contributed by atoms with van der Waals surface area (Å²) in [5.74, 6) is 0.291. The van der Waals surface area contributed by atoms with Crippen LogP contribution in [0.5, 0.6) is 0 Å². The number of allylic oxidation sites excluding steroid dienone is 3. The van der Waals surface area contributed by atoms with Gasteiger partial charge in [0.2, 0.25) is 0 Å². The molecule has 0 spiro atoms. The van der Waals surface area contributed by atoms with Gasteiger partial charge >= 0.3 is 0 Å². The molecule has 158 valence electrons. The van der Waals surface area contributed by atoms with Gasteiger partial charge in [-0.2, -0.15) is 10.5 Å². The SMILES string of the molecule is N#CC(C#N)=C1/C(=C/c2cc3sc(-c4cccc5ccccc45)cc3o2)C(=O)c2ccccc21. The van der Waals surface area contributed by atoms with Gasteiger partial charge in [0.15, 0.2) is 5.78 Å². The number of thiophene rings is 1. The molecule has 3 aromatic carbocycles. The van der Waals surface area contributed by atoms with E-state index in [0.717, 1.165) is 20.7 Å². The fourth-order valence-electron chi connectivity index (χ4n) is 4.49. The van der Waals surface area contributed by atoms with Crippen LogP contribution in [0.15, 0.2) is 94.4 Å². The Hall–Kier alpha value is -4.71. The van der Waals surface area contributed by atoms with Crippen LogP contribution in [0.1, 0.15) is 21.7 Å². The van der Waals surface area contributed by atoms with Gasteiger partial charge in [0.1, 0.15) is 29.1 Å². The van der Waals surface area contributed by atoms with Gasteiger partial charge in [-0.1, -0.05) is 66.7 Å². The van der Waals surface area contributed by atoms with E-state index in [4.69, 9.17) is 4.42 Å². The molecule has 1 aliphatic rings. The van der Waals surface area contributed by atoms with E-state index in [-0.39, 0.29) is 11.4 Å². The minimum absolute atomic E-state index is 0.0869. The molecule has 0 unspecified atom stereocenters. The zero-order valence-corrected chi connectivity index (χ0v) is 18.5. The molecule has 2 heterocycles. The standard InChI is InChI=1S/C29H14N2O2S/c30-15-18(16-31)28-22-9-3-4-10-23(22)29(32)24(28)12-19-13-27-25(33-19)14-26(34-27)21-11-5-7-17-6-1-2-8-20(17)21/h1-14H/b24-12-. The zero-order valence-electron chi connectivity index (χ0n) is 17.7. The second-order valence-corrected chi connectivity index (χ2v) is 9.00. The Balaban J connectivity index is 1.46. The predicted octanol–water partition coefficient (Wildman–Crippen LogP) is 7.40. The maximum absolute atomic E-state index is 13.1. The lowest BCUT2D eigenvalue weighted by atomic mass is 9.99. The van der Waals surface area contributed by atoms with Crippen LogP contribution in [0.25, 0.3) is 43.1 Å². The van der Waals surface area contributed by atoms with Gasteiger partial charge in [0.25, 0.3) is 0 Å². The molecule has 1 aliphatic carbocycles. The topological polar surface area (TPSA) is 77.8 Å². The van der Waals surface area contributed by atoms with Crippen LogP contribution in [0.3, 0.4) is 0 Å². The minimum Gasteiger partial charge on any atom is -0.456 e. The van der Waals surface area contributed by atoms with Crippen LogP contribution in [0, 0.1) is 22.7 Å². The van der Waals surface area contributed by atoms with E-state index in [9.17, 15) is 15.3 Å². The average Bonchev–Trinajstić information content (AvgIpc) is 3.51. The molecule has 5 heteroatoms. The zero-order chi connectivity index (χ0) is 23.2. The van der Waals surface area contributed by atoms with E-state index in [0.29, 0.717) is 28.0 Å². The number of furan rings is 1. The lowest BCUT2D eigenvalue weighted by Gasteiger charge is -2.03. The molecule has 0 radical (unpaired) electrons. The Bertz CT molecular complexity index is 1750. The molecule has 0 N–H and O–H groups in total. The second kappa shape index (κ2) is 7.71. The Kier molecular flexibility index (Phi) is 4.52. The largest absolute Gasteiger partial charge is 0.456 e. The molecule has 0 fully saturated rings. The number of fused-ring (bicyclic) bond motifs is 3. The molecule has 6 rings (SSSR count). The molecule has 0 saturated carbocycles. The Labute approximate surface area is 198 Å². The Morgan fingerprint density at radius 1 is 0.853 bits per heavy atom. The Morgan fingerprint density at radius 2 is 1.56 bits per heavy atom. The first kappa shape index (κ1) is 19.9.